The number of hydrogen-bond donors (Lipinski definition) is 0. The van der Waals surface area contributed by atoms with Gasteiger partial charge < -0.3 is 0 Å². The van der Waals surface area contributed by atoms with Crippen molar-refractivity contribution in [2.45, 2.75) is 19.8 Å². The second-order valence-electron chi connectivity index (χ2n) is 5.95. The Labute approximate surface area is 143 Å². The third kappa shape index (κ3) is 2.51. The first kappa shape index (κ1) is 15.0. The fourth-order valence-electron chi connectivity index (χ4n) is 3.13. The van der Waals surface area contributed by atoms with Crippen LogP contribution in [0.1, 0.15) is 37.7 Å². The van der Waals surface area contributed by atoms with Gasteiger partial charge in [0, 0.05) is 6.54 Å². The van der Waals surface area contributed by atoms with Crippen LogP contribution in [0, 0.1) is 6.92 Å². The zero-order valence-corrected chi connectivity index (χ0v) is 14.1. The summed E-state index contributed by atoms with van der Waals surface area (Å²) in [4.78, 5) is 30.5. The highest BCUT2D eigenvalue weighted by molar-refractivity contribution is 7.18. The zero-order chi connectivity index (χ0) is 16.7. The predicted octanol–water partition coefficient (Wildman–Crippen LogP) is 3.83. The molecule has 0 atom stereocenters. The van der Waals surface area contributed by atoms with Crippen molar-refractivity contribution in [3.63, 3.8) is 0 Å². The summed E-state index contributed by atoms with van der Waals surface area (Å²) in [6, 6.07) is 13.3. The molecule has 2 heterocycles. The maximum Gasteiger partial charge on any atom is 0.261 e. The fraction of sp³-hybridized carbons (Fsp3) is 0.211. The van der Waals surface area contributed by atoms with Gasteiger partial charge in [0.2, 0.25) is 0 Å². The smallest absolute Gasteiger partial charge is 0.261 e. The lowest BCUT2D eigenvalue weighted by Crippen LogP contribution is -2.30. The number of carbonyl (C=O) groups excluding carboxylic acids is 2. The largest absolute Gasteiger partial charge is 0.274 e. The minimum Gasteiger partial charge on any atom is -0.274 e. The minimum atomic E-state index is -0.179. The number of hydrogen-bond acceptors (Lipinski definition) is 4. The van der Waals surface area contributed by atoms with Gasteiger partial charge in [-0.15, -0.1) is 11.3 Å². The lowest BCUT2D eigenvalue weighted by Gasteiger charge is -2.13. The van der Waals surface area contributed by atoms with Crippen molar-refractivity contribution >= 4 is 33.4 Å². The Morgan fingerprint density at radius 1 is 1.04 bits per heavy atom. The molecule has 0 bridgehead atoms. The quantitative estimate of drug-likeness (QED) is 0.680. The van der Waals surface area contributed by atoms with E-state index in [2.05, 4.69) is 23.2 Å². The van der Waals surface area contributed by atoms with E-state index in [1.807, 2.05) is 6.92 Å². The molecule has 0 saturated carbocycles. The lowest BCUT2D eigenvalue weighted by atomic mass is 10.1. The van der Waals surface area contributed by atoms with E-state index in [-0.39, 0.29) is 11.8 Å². The lowest BCUT2D eigenvalue weighted by molar-refractivity contribution is 0.0652. The standard InChI is InChI=1S/C19H16N2O2S/c1-12-20-16-11-13(8-9-17(16)24-12)5-4-10-21-18(22)14-6-2-3-7-15(14)19(21)23/h2-3,6-9,11H,4-5,10H2,1H3. The van der Waals surface area contributed by atoms with E-state index in [9.17, 15) is 9.59 Å². The molecule has 2 amide bonds. The minimum absolute atomic E-state index is 0.179. The SMILES string of the molecule is Cc1nc2cc(CCCN3C(=O)c4ccccc4C3=O)ccc2s1. The zero-order valence-electron chi connectivity index (χ0n) is 13.3. The summed E-state index contributed by atoms with van der Waals surface area (Å²) in [5.74, 6) is -0.359. The Morgan fingerprint density at radius 3 is 2.46 bits per heavy atom. The van der Waals surface area contributed by atoms with Crippen molar-refractivity contribution in [1.82, 2.24) is 9.88 Å². The van der Waals surface area contributed by atoms with Crippen molar-refractivity contribution in [2.75, 3.05) is 6.54 Å². The van der Waals surface area contributed by atoms with Gasteiger partial charge in [0.1, 0.15) is 0 Å². The van der Waals surface area contributed by atoms with Crippen LogP contribution in [0.5, 0.6) is 0 Å². The highest BCUT2D eigenvalue weighted by Gasteiger charge is 2.34. The number of fused-ring (bicyclic) bond motifs is 2. The molecule has 0 spiro atoms. The molecule has 0 saturated heterocycles. The Bertz CT molecular complexity index is 926. The number of thiazole rings is 1. The molecule has 4 nitrogen and oxygen atoms in total. The normalized spacial score (nSPS) is 13.8. The molecule has 4 rings (SSSR count). The molecule has 0 radical (unpaired) electrons. The van der Waals surface area contributed by atoms with E-state index >= 15 is 0 Å². The van der Waals surface area contributed by atoms with Gasteiger partial charge in [-0.1, -0.05) is 18.2 Å². The number of carbonyl (C=O) groups is 2. The first-order valence-corrected chi connectivity index (χ1v) is 8.76. The summed E-state index contributed by atoms with van der Waals surface area (Å²) in [5, 5.41) is 1.06. The van der Waals surface area contributed by atoms with Gasteiger partial charge >= 0.3 is 0 Å². The third-order valence-corrected chi connectivity index (χ3v) is 5.24. The van der Waals surface area contributed by atoms with Crippen LogP contribution in [0.2, 0.25) is 0 Å². The molecular formula is C19H16N2O2S. The fourth-order valence-corrected chi connectivity index (χ4v) is 3.93. The summed E-state index contributed by atoms with van der Waals surface area (Å²) >= 11 is 1.69. The number of rotatable bonds is 4. The van der Waals surface area contributed by atoms with Crippen molar-refractivity contribution in [3.05, 3.63) is 64.2 Å². The number of benzene rings is 2. The summed E-state index contributed by atoms with van der Waals surface area (Å²) in [5.41, 5.74) is 3.24. The highest BCUT2D eigenvalue weighted by atomic mass is 32.1. The monoisotopic (exact) mass is 336 g/mol. The van der Waals surface area contributed by atoms with Crippen LogP contribution in [0.25, 0.3) is 10.2 Å². The van der Waals surface area contributed by atoms with Crippen molar-refractivity contribution in [2.24, 2.45) is 0 Å². The van der Waals surface area contributed by atoms with Crippen LogP contribution in [0.3, 0.4) is 0 Å². The average molecular weight is 336 g/mol. The van der Waals surface area contributed by atoms with Crippen molar-refractivity contribution < 1.29 is 9.59 Å². The van der Waals surface area contributed by atoms with Crippen LogP contribution in [0.4, 0.5) is 0 Å². The molecule has 0 fully saturated rings. The first-order valence-electron chi connectivity index (χ1n) is 7.95. The van der Waals surface area contributed by atoms with Gasteiger partial charge in [0.25, 0.3) is 11.8 Å². The van der Waals surface area contributed by atoms with Gasteiger partial charge in [0.15, 0.2) is 0 Å². The van der Waals surface area contributed by atoms with Gasteiger partial charge in [-0.3, -0.25) is 14.5 Å². The van der Waals surface area contributed by atoms with Crippen LogP contribution in [-0.2, 0) is 6.42 Å². The molecule has 5 heteroatoms. The maximum absolute atomic E-state index is 12.3. The number of aryl methyl sites for hydroxylation is 2. The summed E-state index contributed by atoms with van der Waals surface area (Å²) < 4.78 is 1.19. The topological polar surface area (TPSA) is 50.3 Å². The number of amides is 2. The molecule has 120 valence electrons. The van der Waals surface area contributed by atoms with E-state index in [0.29, 0.717) is 17.7 Å². The van der Waals surface area contributed by atoms with E-state index in [1.165, 1.54) is 15.2 Å². The molecule has 24 heavy (non-hydrogen) atoms. The Kier molecular flexibility index (Phi) is 3.65. The molecule has 1 aliphatic heterocycles. The third-order valence-electron chi connectivity index (χ3n) is 4.28. The highest BCUT2D eigenvalue weighted by Crippen LogP contribution is 2.24. The van der Waals surface area contributed by atoms with Crippen LogP contribution < -0.4 is 0 Å². The average Bonchev–Trinajstić information content (AvgIpc) is 3.07. The van der Waals surface area contributed by atoms with Crippen LogP contribution in [-0.4, -0.2) is 28.2 Å². The summed E-state index contributed by atoms with van der Waals surface area (Å²) in [6.45, 7) is 2.45. The van der Waals surface area contributed by atoms with E-state index in [4.69, 9.17) is 0 Å². The summed E-state index contributed by atoms with van der Waals surface area (Å²) in [7, 11) is 0. The Morgan fingerprint density at radius 2 is 1.75 bits per heavy atom. The van der Waals surface area contributed by atoms with Crippen molar-refractivity contribution in [3.8, 4) is 0 Å². The maximum atomic E-state index is 12.3. The first-order chi connectivity index (χ1) is 11.6. The predicted molar refractivity (Wildman–Crippen MR) is 94.5 cm³/mol. The van der Waals surface area contributed by atoms with E-state index < -0.39 is 0 Å². The van der Waals surface area contributed by atoms with E-state index in [1.54, 1.807) is 35.6 Å². The van der Waals surface area contributed by atoms with Gasteiger partial charge in [-0.05, 0) is 49.6 Å². The number of imide groups is 1. The molecule has 1 aliphatic rings. The van der Waals surface area contributed by atoms with E-state index in [0.717, 1.165) is 23.4 Å². The van der Waals surface area contributed by atoms with Gasteiger partial charge in [0.05, 0.1) is 26.4 Å². The summed E-state index contributed by atoms with van der Waals surface area (Å²) in [6.07, 6.45) is 1.57. The Hall–Kier alpha value is -2.53. The number of nitrogens with zero attached hydrogens (tertiary/aromatic N) is 2. The van der Waals surface area contributed by atoms with Crippen LogP contribution >= 0.6 is 11.3 Å². The molecule has 0 unspecified atom stereocenters. The molecular weight excluding hydrogens is 320 g/mol. The van der Waals surface area contributed by atoms with Gasteiger partial charge in [-0.2, -0.15) is 0 Å². The Balaban J connectivity index is 1.44. The van der Waals surface area contributed by atoms with Crippen LogP contribution in [0.15, 0.2) is 42.5 Å². The number of aromatic nitrogens is 1. The molecule has 0 N–H and O–H groups in total. The molecule has 0 aliphatic carbocycles. The molecule has 3 aromatic rings. The van der Waals surface area contributed by atoms with Crippen molar-refractivity contribution in [1.29, 1.82) is 0 Å². The van der Waals surface area contributed by atoms with Gasteiger partial charge in [-0.25, -0.2) is 4.98 Å². The molecule has 2 aromatic carbocycles. The molecule has 1 aromatic heterocycles. The second kappa shape index (κ2) is 5.83. The second-order valence-corrected chi connectivity index (χ2v) is 7.18.